The number of hydrogen-bond acceptors (Lipinski definition) is 7. The number of hydrogen-bond donors (Lipinski definition) is 3. The molecule has 0 aromatic heterocycles. The van der Waals surface area contributed by atoms with E-state index in [9.17, 15) is 4.79 Å². The average molecular weight is 634 g/mol. The number of halogens is 1. The number of nitrogens with one attached hydrogen (secondary N) is 2. The predicted octanol–water partition coefficient (Wildman–Crippen LogP) is 5.55. The number of azide groups is 1. The number of aliphatic imine (C=N–C) groups is 1. The van der Waals surface area contributed by atoms with E-state index in [2.05, 4.69) is 36.8 Å². The third-order valence-electron chi connectivity index (χ3n) is 7.39. The van der Waals surface area contributed by atoms with Gasteiger partial charge in [-0.25, -0.2) is 10.4 Å². The minimum atomic E-state index is -1.39. The molecular formula is C31H33BrN6O4. The van der Waals surface area contributed by atoms with Crippen LogP contribution >= 0.6 is 15.9 Å². The lowest BCUT2D eigenvalue weighted by atomic mass is 9.81. The predicted molar refractivity (Wildman–Crippen MR) is 163 cm³/mol. The summed E-state index contributed by atoms with van der Waals surface area (Å²) in [5.74, 6) is 1.24. The Morgan fingerprint density at radius 2 is 1.86 bits per heavy atom. The first-order valence-corrected chi connectivity index (χ1v) is 14.8. The molecule has 3 aromatic rings. The molecule has 5 rings (SSSR count). The zero-order valence-corrected chi connectivity index (χ0v) is 24.7. The molecule has 3 aromatic carbocycles. The first-order chi connectivity index (χ1) is 20.5. The number of rotatable bonds is 14. The summed E-state index contributed by atoms with van der Waals surface area (Å²) in [7, 11) is 0. The van der Waals surface area contributed by atoms with Crippen molar-refractivity contribution in [2.75, 3.05) is 19.8 Å². The number of amides is 1. The van der Waals surface area contributed by atoms with Gasteiger partial charge in [0.15, 0.2) is 11.6 Å². The van der Waals surface area contributed by atoms with Crippen molar-refractivity contribution in [3.63, 3.8) is 0 Å². The molecule has 1 fully saturated rings. The number of hydrazine groups is 1. The fourth-order valence-electron chi connectivity index (χ4n) is 4.94. The number of aliphatic hydroxyl groups excluding tert-OH is 1. The molecule has 0 saturated heterocycles. The normalized spacial score (nSPS) is 19.4. The standard InChI is InChI=1S/C31H33BrN6O4/c32-27-9-4-3-8-26(27)28-31(30(40)37-34-19-21-10-11-21,18-23-6-1-2-7-24(23)20-35-38-33)36-29(42-28)22-12-14-25(15-13-22)41-17-5-16-39/h1-4,6-9,12-15,21,28,34,39H,5,10-11,16-20H2,(H,37,40)/t28-,31-/m0/s1. The van der Waals surface area contributed by atoms with Crippen LogP contribution in [-0.4, -0.2) is 42.2 Å². The Morgan fingerprint density at radius 1 is 1.12 bits per heavy atom. The van der Waals surface area contributed by atoms with Crippen molar-refractivity contribution in [1.82, 2.24) is 10.9 Å². The number of ether oxygens (including phenoxy) is 2. The topological polar surface area (TPSA) is 141 Å². The second-order valence-corrected chi connectivity index (χ2v) is 11.3. The molecule has 218 valence electrons. The molecular weight excluding hydrogens is 600 g/mol. The third-order valence-corrected chi connectivity index (χ3v) is 8.11. The van der Waals surface area contributed by atoms with E-state index in [1.54, 1.807) is 0 Å². The molecule has 2 atom stereocenters. The van der Waals surface area contributed by atoms with Gasteiger partial charge in [0, 0.05) is 46.5 Å². The maximum Gasteiger partial charge on any atom is 0.266 e. The van der Waals surface area contributed by atoms with Gasteiger partial charge < -0.3 is 14.6 Å². The summed E-state index contributed by atoms with van der Waals surface area (Å²) >= 11 is 3.67. The van der Waals surface area contributed by atoms with Gasteiger partial charge in [0.25, 0.3) is 5.91 Å². The van der Waals surface area contributed by atoms with Gasteiger partial charge in [0.2, 0.25) is 5.90 Å². The van der Waals surface area contributed by atoms with Crippen LogP contribution in [-0.2, 0) is 22.5 Å². The number of nitrogens with zero attached hydrogens (tertiary/aromatic N) is 4. The van der Waals surface area contributed by atoms with Crippen molar-refractivity contribution in [3.05, 3.63) is 110 Å². The second-order valence-electron chi connectivity index (χ2n) is 10.4. The monoisotopic (exact) mass is 632 g/mol. The fourth-order valence-corrected chi connectivity index (χ4v) is 5.43. The van der Waals surface area contributed by atoms with E-state index in [0.717, 1.165) is 34.0 Å². The van der Waals surface area contributed by atoms with E-state index in [-0.39, 0.29) is 25.5 Å². The van der Waals surface area contributed by atoms with Crippen LogP contribution in [0.4, 0.5) is 0 Å². The average Bonchev–Trinajstić information content (AvgIpc) is 3.76. The van der Waals surface area contributed by atoms with Gasteiger partial charge >= 0.3 is 0 Å². The highest BCUT2D eigenvalue weighted by molar-refractivity contribution is 9.10. The molecule has 10 nitrogen and oxygen atoms in total. The van der Waals surface area contributed by atoms with Crippen LogP contribution < -0.4 is 15.6 Å². The van der Waals surface area contributed by atoms with Crippen molar-refractivity contribution in [3.8, 4) is 5.75 Å². The molecule has 1 heterocycles. The molecule has 2 aliphatic rings. The van der Waals surface area contributed by atoms with Crippen LogP contribution in [0.5, 0.6) is 5.75 Å². The summed E-state index contributed by atoms with van der Waals surface area (Å²) in [6.07, 6.45) is 2.27. The van der Waals surface area contributed by atoms with E-state index < -0.39 is 11.6 Å². The quantitative estimate of drug-likeness (QED) is 0.0702. The van der Waals surface area contributed by atoms with Gasteiger partial charge in [-0.15, -0.1) is 0 Å². The lowest BCUT2D eigenvalue weighted by molar-refractivity contribution is -0.130. The van der Waals surface area contributed by atoms with E-state index in [4.69, 9.17) is 25.1 Å². The molecule has 3 N–H and O–H groups in total. The fraction of sp³-hybridized carbons (Fsp3) is 0.355. The van der Waals surface area contributed by atoms with Crippen molar-refractivity contribution in [2.45, 2.75) is 43.9 Å². The first-order valence-electron chi connectivity index (χ1n) is 14.0. The molecule has 0 bridgehead atoms. The molecule has 11 heteroatoms. The zero-order chi connectivity index (χ0) is 29.4. The molecule has 1 saturated carbocycles. The van der Waals surface area contributed by atoms with E-state index in [1.165, 1.54) is 0 Å². The van der Waals surface area contributed by atoms with Crippen LogP contribution in [0.25, 0.3) is 10.4 Å². The summed E-state index contributed by atoms with van der Waals surface area (Å²) < 4.78 is 13.1. The molecule has 1 aliphatic carbocycles. The number of benzene rings is 3. The summed E-state index contributed by atoms with van der Waals surface area (Å²) in [5.41, 5.74) is 16.8. The maximum atomic E-state index is 14.3. The summed E-state index contributed by atoms with van der Waals surface area (Å²) in [6.45, 7) is 1.30. The summed E-state index contributed by atoms with van der Waals surface area (Å²) in [6, 6.07) is 22.6. The number of carbonyl (C=O) groups excluding carboxylic acids is 1. The summed E-state index contributed by atoms with van der Waals surface area (Å²) in [4.78, 5) is 22.3. The van der Waals surface area contributed by atoms with Crippen molar-refractivity contribution >= 4 is 27.7 Å². The van der Waals surface area contributed by atoms with Gasteiger partial charge in [-0.1, -0.05) is 63.5 Å². The number of aliphatic hydroxyl groups is 1. The number of carbonyl (C=O) groups is 1. The zero-order valence-electron chi connectivity index (χ0n) is 23.1. The molecule has 42 heavy (non-hydrogen) atoms. The van der Waals surface area contributed by atoms with Gasteiger partial charge in [-0.3, -0.25) is 10.2 Å². The lowest BCUT2D eigenvalue weighted by Crippen LogP contribution is -2.54. The molecule has 0 spiro atoms. The highest BCUT2D eigenvalue weighted by atomic mass is 79.9. The van der Waals surface area contributed by atoms with Crippen LogP contribution in [0.1, 0.15) is 47.6 Å². The SMILES string of the molecule is [N-]=[N+]=NCc1ccccc1C[C@]1(C(=O)NNCC2CC2)N=C(c2ccc(OCCCO)cc2)O[C@H]1c1ccccc1Br. The van der Waals surface area contributed by atoms with E-state index >= 15 is 0 Å². The van der Waals surface area contributed by atoms with Crippen LogP contribution in [0.15, 0.2) is 87.4 Å². The highest BCUT2D eigenvalue weighted by Crippen LogP contribution is 2.45. The van der Waals surface area contributed by atoms with E-state index in [1.807, 2.05) is 72.8 Å². The third kappa shape index (κ3) is 6.94. The smallest absolute Gasteiger partial charge is 0.266 e. The Morgan fingerprint density at radius 3 is 2.57 bits per heavy atom. The van der Waals surface area contributed by atoms with Crippen molar-refractivity contribution < 1.29 is 19.4 Å². The van der Waals surface area contributed by atoms with Crippen LogP contribution in [0, 0.1) is 5.92 Å². The summed E-state index contributed by atoms with van der Waals surface area (Å²) in [5, 5.41) is 12.8. The van der Waals surface area contributed by atoms with Crippen LogP contribution in [0.2, 0.25) is 0 Å². The first kappa shape index (κ1) is 29.6. The molecule has 0 radical (unpaired) electrons. The lowest BCUT2D eigenvalue weighted by Gasteiger charge is -2.32. The minimum absolute atomic E-state index is 0.0603. The maximum absolute atomic E-state index is 14.3. The van der Waals surface area contributed by atoms with Gasteiger partial charge in [0.1, 0.15) is 5.75 Å². The Bertz CT molecular complexity index is 1470. The Hall–Kier alpha value is -3.89. The Balaban J connectivity index is 1.57. The highest BCUT2D eigenvalue weighted by Gasteiger charge is 2.54. The van der Waals surface area contributed by atoms with Crippen molar-refractivity contribution in [2.24, 2.45) is 16.0 Å². The molecule has 1 amide bonds. The van der Waals surface area contributed by atoms with E-state index in [0.29, 0.717) is 42.7 Å². The molecule has 1 aliphatic heterocycles. The minimum Gasteiger partial charge on any atom is -0.494 e. The second kappa shape index (κ2) is 13.8. The molecule has 0 unspecified atom stereocenters. The Kier molecular flexibility index (Phi) is 9.76. The van der Waals surface area contributed by atoms with Gasteiger partial charge in [-0.05, 0) is 65.7 Å². The van der Waals surface area contributed by atoms with Crippen molar-refractivity contribution in [1.29, 1.82) is 0 Å². The Labute approximate surface area is 252 Å². The van der Waals surface area contributed by atoms with Crippen LogP contribution in [0.3, 0.4) is 0 Å². The van der Waals surface area contributed by atoms with Gasteiger partial charge in [0.05, 0.1) is 13.2 Å². The van der Waals surface area contributed by atoms with Gasteiger partial charge in [-0.2, -0.15) is 0 Å². The largest absolute Gasteiger partial charge is 0.494 e.